The van der Waals surface area contributed by atoms with E-state index in [1.165, 1.54) is 0 Å². The lowest BCUT2D eigenvalue weighted by Gasteiger charge is -2.02. The Morgan fingerprint density at radius 3 is 2.89 bits per heavy atom. The summed E-state index contributed by atoms with van der Waals surface area (Å²) in [6.07, 6.45) is 3.90. The number of carbonyl (C=O) groups is 1. The van der Waals surface area contributed by atoms with Gasteiger partial charge in [0.1, 0.15) is 0 Å². The van der Waals surface area contributed by atoms with Gasteiger partial charge >= 0.3 is 5.97 Å². The van der Waals surface area contributed by atoms with E-state index in [-0.39, 0.29) is 0 Å². The molecular weight excluding hydrogens is 252 g/mol. The second-order valence-corrected chi connectivity index (χ2v) is 4.43. The van der Waals surface area contributed by atoms with Gasteiger partial charge in [-0.2, -0.15) is 5.10 Å². The Labute approximate surface area is 109 Å². The van der Waals surface area contributed by atoms with E-state index in [0.717, 1.165) is 10.9 Å². The molecule has 0 aliphatic heterocycles. The summed E-state index contributed by atoms with van der Waals surface area (Å²) in [6, 6.07) is 3.55. The van der Waals surface area contributed by atoms with Crippen LogP contribution in [0.5, 0.6) is 0 Å². The maximum Gasteiger partial charge on any atom is 0.331 e. The number of hydrogen-bond acceptors (Lipinski definition) is 2. The summed E-state index contributed by atoms with van der Waals surface area (Å²) in [5.41, 5.74) is 1.84. The number of aryl methyl sites for hydroxylation is 1. The Hall–Kier alpha value is -1.81. The van der Waals surface area contributed by atoms with E-state index in [4.69, 9.17) is 16.7 Å². The molecule has 0 aliphatic rings. The molecule has 0 aliphatic carbocycles. The van der Waals surface area contributed by atoms with E-state index in [2.05, 4.69) is 5.10 Å². The lowest BCUT2D eigenvalue weighted by atomic mass is 10.1. The van der Waals surface area contributed by atoms with Gasteiger partial charge < -0.3 is 5.11 Å². The maximum absolute atomic E-state index is 11.1. The molecule has 1 aromatic heterocycles. The van der Waals surface area contributed by atoms with Gasteiger partial charge in [0.2, 0.25) is 0 Å². The second kappa shape index (κ2) is 4.82. The molecule has 0 bridgehead atoms. The average molecular weight is 265 g/mol. The number of rotatable bonds is 3. The highest BCUT2D eigenvalue weighted by molar-refractivity contribution is 6.33. The summed E-state index contributed by atoms with van der Waals surface area (Å²) in [5, 5.41) is 14.7. The number of aliphatic carboxylic acids is 1. The molecule has 0 atom stereocenters. The lowest BCUT2D eigenvalue weighted by molar-refractivity contribution is -0.132. The molecule has 1 N–H and O–H groups in total. The van der Waals surface area contributed by atoms with Crippen LogP contribution in [0.3, 0.4) is 0 Å². The molecule has 18 heavy (non-hydrogen) atoms. The van der Waals surface area contributed by atoms with Crippen molar-refractivity contribution in [3.63, 3.8) is 0 Å². The number of aromatic nitrogens is 2. The second-order valence-electron chi connectivity index (χ2n) is 4.02. The van der Waals surface area contributed by atoms with Crippen molar-refractivity contribution in [3.8, 4) is 0 Å². The smallest absolute Gasteiger partial charge is 0.331 e. The molecule has 2 rings (SSSR count). The molecule has 0 unspecified atom stereocenters. The summed E-state index contributed by atoms with van der Waals surface area (Å²) >= 11 is 6.14. The van der Waals surface area contributed by atoms with Gasteiger partial charge in [-0.15, -0.1) is 0 Å². The Balaban J connectivity index is 2.69. The van der Waals surface area contributed by atoms with Gasteiger partial charge in [-0.1, -0.05) is 18.5 Å². The Morgan fingerprint density at radius 2 is 2.28 bits per heavy atom. The van der Waals surface area contributed by atoms with Crippen LogP contribution in [0.15, 0.2) is 23.9 Å². The molecule has 1 aromatic carbocycles. The van der Waals surface area contributed by atoms with E-state index in [9.17, 15) is 4.79 Å². The van der Waals surface area contributed by atoms with Gasteiger partial charge in [0.05, 0.1) is 5.52 Å². The quantitative estimate of drug-likeness (QED) is 0.867. The van der Waals surface area contributed by atoms with Crippen molar-refractivity contribution < 1.29 is 9.90 Å². The van der Waals surface area contributed by atoms with Crippen molar-refractivity contribution in [3.05, 3.63) is 34.5 Å². The molecule has 0 fully saturated rings. The zero-order valence-corrected chi connectivity index (χ0v) is 10.9. The highest BCUT2D eigenvalue weighted by atomic mass is 35.5. The number of halogens is 1. The average Bonchev–Trinajstić information content (AvgIpc) is 2.68. The molecule has 0 spiro atoms. The van der Waals surface area contributed by atoms with Crippen molar-refractivity contribution in [1.82, 2.24) is 9.78 Å². The minimum Gasteiger partial charge on any atom is -0.478 e. The highest BCUT2D eigenvalue weighted by Gasteiger charge is 2.11. The molecular formula is C13H13ClN2O2. The minimum absolute atomic E-state index is 0.327. The third-order valence-electron chi connectivity index (χ3n) is 2.77. The fourth-order valence-corrected chi connectivity index (χ4v) is 2.06. The van der Waals surface area contributed by atoms with Gasteiger partial charge in [0, 0.05) is 34.8 Å². The fraction of sp³-hybridized carbons (Fsp3) is 0.231. The monoisotopic (exact) mass is 264 g/mol. The zero-order chi connectivity index (χ0) is 13.3. The van der Waals surface area contributed by atoms with Crippen LogP contribution in [0.2, 0.25) is 5.02 Å². The van der Waals surface area contributed by atoms with Gasteiger partial charge in [0.15, 0.2) is 0 Å². The Bertz CT molecular complexity index is 644. The van der Waals surface area contributed by atoms with Crippen LogP contribution < -0.4 is 0 Å². The van der Waals surface area contributed by atoms with E-state index in [1.54, 1.807) is 23.7 Å². The van der Waals surface area contributed by atoms with Crippen molar-refractivity contribution in [2.45, 2.75) is 13.3 Å². The molecule has 4 nitrogen and oxygen atoms in total. The minimum atomic E-state index is -0.922. The number of hydrogen-bond donors (Lipinski definition) is 1. The first-order chi connectivity index (χ1) is 8.52. The molecule has 0 saturated heterocycles. The molecule has 1 heterocycles. The van der Waals surface area contributed by atoms with Crippen LogP contribution in [-0.4, -0.2) is 20.9 Å². The van der Waals surface area contributed by atoms with Crippen LogP contribution >= 0.6 is 11.6 Å². The molecule has 94 valence electrons. The summed E-state index contributed by atoms with van der Waals surface area (Å²) < 4.78 is 1.69. The number of carboxylic acid groups (broad SMARTS) is 1. The SMILES string of the molecule is CCC(=Cc1c(Cl)ccc2nn(C)cc12)C(=O)O. The fourth-order valence-electron chi connectivity index (χ4n) is 1.84. The zero-order valence-electron chi connectivity index (χ0n) is 10.1. The summed E-state index contributed by atoms with van der Waals surface area (Å²) in [7, 11) is 1.82. The number of benzene rings is 1. The van der Waals surface area contributed by atoms with E-state index < -0.39 is 5.97 Å². The van der Waals surface area contributed by atoms with Crippen molar-refractivity contribution in [2.24, 2.45) is 7.05 Å². The van der Waals surface area contributed by atoms with E-state index in [1.807, 2.05) is 19.3 Å². The van der Waals surface area contributed by atoms with Crippen LogP contribution in [-0.2, 0) is 11.8 Å². The van der Waals surface area contributed by atoms with Crippen molar-refractivity contribution in [1.29, 1.82) is 0 Å². The first-order valence-corrected chi connectivity index (χ1v) is 5.96. The molecule has 0 amide bonds. The number of carboxylic acids is 1. The van der Waals surface area contributed by atoms with Crippen LogP contribution in [0, 0.1) is 0 Å². The topological polar surface area (TPSA) is 55.1 Å². The maximum atomic E-state index is 11.1. The van der Waals surface area contributed by atoms with E-state index in [0.29, 0.717) is 22.6 Å². The van der Waals surface area contributed by atoms with Crippen LogP contribution in [0.25, 0.3) is 17.0 Å². The third-order valence-corrected chi connectivity index (χ3v) is 3.10. The van der Waals surface area contributed by atoms with Crippen molar-refractivity contribution >= 4 is 34.5 Å². The largest absolute Gasteiger partial charge is 0.478 e. The van der Waals surface area contributed by atoms with Gasteiger partial charge in [0.25, 0.3) is 0 Å². The van der Waals surface area contributed by atoms with E-state index >= 15 is 0 Å². The Morgan fingerprint density at radius 1 is 1.56 bits per heavy atom. The van der Waals surface area contributed by atoms with Gasteiger partial charge in [-0.3, -0.25) is 4.68 Å². The lowest BCUT2D eigenvalue weighted by Crippen LogP contribution is -1.98. The summed E-state index contributed by atoms with van der Waals surface area (Å²) in [5.74, 6) is -0.922. The summed E-state index contributed by atoms with van der Waals surface area (Å²) in [6.45, 7) is 1.80. The number of fused-ring (bicyclic) bond motifs is 1. The third kappa shape index (κ3) is 2.24. The van der Waals surface area contributed by atoms with Crippen LogP contribution in [0.4, 0.5) is 0 Å². The predicted molar refractivity (Wildman–Crippen MR) is 71.6 cm³/mol. The van der Waals surface area contributed by atoms with Crippen LogP contribution in [0.1, 0.15) is 18.9 Å². The predicted octanol–water partition coefficient (Wildman–Crippen LogP) is 3.10. The van der Waals surface area contributed by atoms with Crippen molar-refractivity contribution in [2.75, 3.05) is 0 Å². The molecule has 0 saturated carbocycles. The molecule has 0 radical (unpaired) electrons. The summed E-state index contributed by atoms with van der Waals surface area (Å²) in [4.78, 5) is 11.1. The number of nitrogens with zero attached hydrogens (tertiary/aromatic N) is 2. The van der Waals surface area contributed by atoms with Gasteiger partial charge in [-0.25, -0.2) is 4.79 Å². The Kier molecular flexibility index (Phi) is 3.39. The first-order valence-electron chi connectivity index (χ1n) is 5.58. The first kappa shape index (κ1) is 12.6. The highest BCUT2D eigenvalue weighted by Crippen LogP contribution is 2.28. The van der Waals surface area contributed by atoms with Gasteiger partial charge in [-0.05, 0) is 24.6 Å². The normalized spacial score (nSPS) is 12.1. The molecule has 2 aromatic rings. The molecule has 5 heteroatoms. The standard InChI is InChI=1S/C13H13ClN2O2/c1-3-8(13(17)18)6-9-10-7-16(2)15-12(10)5-4-11(9)14/h4-7H,3H2,1-2H3,(H,17,18).